The topological polar surface area (TPSA) is 61.3 Å². The minimum atomic E-state index is -0.0358. The van der Waals surface area contributed by atoms with Gasteiger partial charge in [0.25, 0.3) is 0 Å². The lowest BCUT2D eigenvalue weighted by Gasteiger charge is -2.40. The second kappa shape index (κ2) is 4.40. The van der Waals surface area contributed by atoms with E-state index in [0.29, 0.717) is 12.0 Å². The third-order valence-corrected chi connectivity index (χ3v) is 3.36. The number of rotatable bonds is 3. The quantitative estimate of drug-likeness (QED) is 0.687. The maximum absolute atomic E-state index is 6.32. The Morgan fingerprint density at radius 1 is 1.46 bits per heavy atom. The Labute approximate surface area is 80.8 Å². The van der Waals surface area contributed by atoms with Crippen LogP contribution < -0.4 is 11.5 Å². The molecule has 1 saturated carbocycles. The zero-order valence-corrected chi connectivity index (χ0v) is 8.75. The molecule has 0 bridgehead atoms. The number of nitrogens with two attached hydrogens (primary N) is 2. The fourth-order valence-corrected chi connectivity index (χ4v) is 2.09. The van der Waals surface area contributed by atoms with Crippen molar-refractivity contribution in [2.75, 3.05) is 13.7 Å². The molecular formula is C10H22N2O. The van der Waals surface area contributed by atoms with E-state index in [-0.39, 0.29) is 5.54 Å². The van der Waals surface area contributed by atoms with Gasteiger partial charge in [0, 0.05) is 18.7 Å². The van der Waals surface area contributed by atoms with E-state index in [9.17, 15) is 0 Å². The smallest absolute Gasteiger partial charge is 0.0505 e. The van der Waals surface area contributed by atoms with Crippen LogP contribution in [0.2, 0.25) is 0 Å². The molecule has 0 aromatic rings. The first-order valence-corrected chi connectivity index (χ1v) is 5.12. The molecule has 3 nitrogen and oxygen atoms in total. The van der Waals surface area contributed by atoms with Gasteiger partial charge in [0.15, 0.2) is 0 Å². The van der Waals surface area contributed by atoms with Gasteiger partial charge in [-0.3, -0.25) is 0 Å². The van der Waals surface area contributed by atoms with Crippen LogP contribution >= 0.6 is 0 Å². The van der Waals surface area contributed by atoms with E-state index in [2.05, 4.69) is 6.92 Å². The first-order chi connectivity index (χ1) is 6.08. The Hall–Kier alpha value is -0.120. The third kappa shape index (κ3) is 2.66. The number of hydrogen-bond donors (Lipinski definition) is 2. The van der Waals surface area contributed by atoms with Gasteiger partial charge in [-0.1, -0.05) is 6.92 Å². The summed E-state index contributed by atoms with van der Waals surface area (Å²) < 4.78 is 5.14. The second-order valence-electron chi connectivity index (χ2n) is 4.43. The molecule has 0 heterocycles. The molecule has 0 aromatic carbocycles. The van der Waals surface area contributed by atoms with E-state index in [1.807, 2.05) is 0 Å². The molecule has 0 aromatic heterocycles. The van der Waals surface area contributed by atoms with Crippen LogP contribution in [-0.4, -0.2) is 25.3 Å². The molecule has 0 radical (unpaired) electrons. The Kier molecular flexibility index (Phi) is 3.71. The van der Waals surface area contributed by atoms with Crippen LogP contribution in [0, 0.1) is 5.92 Å². The van der Waals surface area contributed by atoms with Crippen molar-refractivity contribution in [1.82, 2.24) is 0 Å². The van der Waals surface area contributed by atoms with Gasteiger partial charge < -0.3 is 16.2 Å². The van der Waals surface area contributed by atoms with Gasteiger partial charge in [-0.05, 0) is 31.6 Å². The Morgan fingerprint density at radius 3 is 2.46 bits per heavy atom. The van der Waals surface area contributed by atoms with Gasteiger partial charge in [-0.15, -0.1) is 0 Å². The summed E-state index contributed by atoms with van der Waals surface area (Å²) in [5, 5.41) is 0. The van der Waals surface area contributed by atoms with Crippen LogP contribution in [0.5, 0.6) is 0 Å². The SMILES string of the molecule is COCC(C)C1(N)CCC(N)CC1. The largest absolute Gasteiger partial charge is 0.384 e. The molecule has 1 atom stereocenters. The highest BCUT2D eigenvalue weighted by Gasteiger charge is 2.35. The average Bonchev–Trinajstić information content (AvgIpc) is 2.11. The summed E-state index contributed by atoms with van der Waals surface area (Å²) in [5.74, 6) is 0.435. The Balaban J connectivity index is 2.46. The predicted octanol–water partition coefficient (Wildman–Crippen LogP) is 0.868. The van der Waals surface area contributed by atoms with Crippen molar-refractivity contribution in [1.29, 1.82) is 0 Å². The van der Waals surface area contributed by atoms with Gasteiger partial charge in [-0.2, -0.15) is 0 Å². The normalized spacial score (nSPS) is 37.4. The summed E-state index contributed by atoms with van der Waals surface area (Å²) in [6.45, 7) is 2.92. The van der Waals surface area contributed by atoms with Crippen LogP contribution in [0.15, 0.2) is 0 Å². The number of methoxy groups -OCH3 is 1. The highest BCUT2D eigenvalue weighted by atomic mass is 16.5. The molecule has 1 fully saturated rings. The van der Waals surface area contributed by atoms with Gasteiger partial charge >= 0.3 is 0 Å². The molecule has 4 N–H and O–H groups in total. The molecule has 78 valence electrons. The van der Waals surface area contributed by atoms with Gasteiger partial charge in [-0.25, -0.2) is 0 Å². The van der Waals surface area contributed by atoms with Gasteiger partial charge in [0.2, 0.25) is 0 Å². The maximum Gasteiger partial charge on any atom is 0.0505 e. The zero-order valence-electron chi connectivity index (χ0n) is 8.75. The van der Waals surface area contributed by atoms with Crippen molar-refractivity contribution in [3.8, 4) is 0 Å². The number of hydrogen-bond acceptors (Lipinski definition) is 3. The lowest BCUT2D eigenvalue weighted by Crippen LogP contribution is -2.52. The molecule has 1 rings (SSSR count). The highest BCUT2D eigenvalue weighted by molar-refractivity contribution is 4.94. The van der Waals surface area contributed by atoms with Crippen LogP contribution in [0.3, 0.4) is 0 Å². The summed E-state index contributed by atoms with van der Waals surface area (Å²) in [6, 6.07) is 0.367. The summed E-state index contributed by atoms with van der Waals surface area (Å²) in [6.07, 6.45) is 4.20. The van der Waals surface area contributed by atoms with Crippen molar-refractivity contribution >= 4 is 0 Å². The minimum Gasteiger partial charge on any atom is -0.384 e. The van der Waals surface area contributed by atoms with Gasteiger partial charge in [0.05, 0.1) is 6.61 Å². The first-order valence-electron chi connectivity index (χ1n) is 5.12. The number of ether oxygens (including phenoxy) is 1. The molecule has 1 aliphatic rings. The van der Waals surface area contributed by atoms with Crippen molar-refractivity contribution in [2.45, 2.75) is 44.2 Å². The maximum atomic E-state index is 6.32. The fraction of sp³-hybridized carbons (Fsp3) is 1.00. The van der Waals surface area contributed by atoms with Crippen LogP contribution in [0.4, 0.5) is 0 Å². The summed E-state index contributed by atoms with van der Waals surface area (Å²) >= 11 is 0. The van der Waals surface area contributed by atoms with Crippen molar-refractivity contribution in [2.24, 2.45) is 17.4 Å². The van der Waals surface area contributed by atoms with Crippen LogP contribution in [0.25, 0.3) is 0 Å². The highest BCUT2D eigenvalue weighted by Crippen LogP contribution is 2.31. The van der Waals surface area contributed by atoms with E-state index < -0.39 is 0 Å². The fourth-order valence-electron chi connectivity index (χ4n) is 2.09. The average molecular weight is 186 g/mol. The molecule has 3 heteroatoms. The zero-order chi connectivity index (χ0) is 9.90. The first kappa shape index (κ1) is 11.0. The molecule has 0 spiro atoms. The van der Waals surface area contributed by atoms with E-state index >= 15 is 0 Å². The molecule has 1 aliphatic carbocycles. The molecule has 0 aliphatic heterocycles. The van der Waals surface area contributed by atoms with E-state index in [1.54, 1.807) is 7.11 Å². The van der Waals surface area contributed by atoms with E-state index in [1.165, 1.54) is 0 Å². The molecule has 0 saturated heterocycles. The molecule has 0 amide bonds. The van der Waals surface area contributed by atoms with Gasteiger partial charge in [0.1, 0.15) is 0 Å². The summed E-state index contributed by atoms with van der Waals surface area (Å²) in [7, 11) is 1.73. The summed E-state index contributed by atoms with van der Waals surface area (Å²) in [5.41, 5.74) is 12.1. The predicted molar refractivity (Wildman–Crippen MR) is 54.4 cm³/mol. The summed E-state index contributed by atoms with van der Waals surface area (Å²) in [4.78, 5) is 0. The van der Waals surface area contributed by atoms with Crippen molar-refractivity contribution < 1.29 is 4.74 Å². The Morgan fingerprint density at radius 2 is 2.00 bits per heavy atom. The van der Waals surface area contributed by atoms with E-state index in [0.717, 1.165) is 32.3 Å². The second-order valence-corrected chi connectivity index (χ2v) is 4.43. The lowest BCUT2D eigenvalue weighted by atomic mass is 9.73. The standard InChI is InChI=1S/C10H22N2O/c1-8(7-13-2)10(12)5-3-9(11)4-6-10/h8-9H,3-7,11-12H2,1-2H3. The molecular weight excluding hydrogens is 164 g/mol. The molecule has 1 unspecified atom stereocenters. The molecule has 13 heavy (non-hydrogen) atoms. The Bertz CT molecular complexity index is 153. The van der Waals surface area contributed by atoms with Crippen molar-refractivity contribution in [3.63, 3.8) is 0 Å². The third-order valence-electron chi connectivity index (χ3n) is 3.36. The van der Waals surface area contributed by atoms with Crippen molar-refractivity contribution in [3.05, 3.63) is 0 Å². The van der Waals surface area contributed by atoms with Crippen LogP contribution in [-0.2, 0) is 4.74 Å². The lowest BCUT2D eigenvalue weighted by molar-refractivity contribution is 0.0922. The minimum absolute atomic E-state index is 0.0358. The van der Waals surface area contributed by atoms with E-state index in [4.69, 9.17) is 16.2 Å². The van der Waals surface area contributed by atoms with Crippen LogP contribution in [0.1, 0.15) is 32.6 Å². The monoisotopic (exact) mass is 186 g/mol.